The van der Waals surface area contributed by atoms with E-state index in [0.29, 0.717) is 0 Å². The third-order valence-electron chi connectivity index (χ3n) is 1.83. The Bertz CT molecular complexity index is 276. The predicted molar refractivity (Wildman–Crippen MR) is 102 cm³/mol. The average Bonchev–Trinajstić information content (AvgIpc) is 2.05. The lowest BCUT2D eigenvalue weighted by Crippen LogP contribution is -2.63. The zero-order chi connectivity index (χ0) is 17.1. The molecule has 4 nitrogen and oxygen atoms in total. The number of hydrogen-bond acceptors (Lipinski definition) is 4. The molecule has 0 aliphatic carbocycles. The highest BCUT2D eigenvalue weighted by Crippen LogP contribution is 2.26. The summed E-state index contributed by atoms with van der Waals surface area (Å²) < 4.78 is 25.5. The summed E-state index contributed by atoms with van der Waals surface area (Å²) in [5.74, 6) is 0. The van der Waals surface area contributed by atoms with Crippen LogP contribution in [0, 0.1) is 0 Å². The minimum Gasteiger partial charge on any atom is -0.395 e. The molecule has 0 fully saturated rings. The van der Waals surface area contributed by atoms with Crippen LogP contribution in [-0.2, 0) is 16.8 Å². The van der Waals surface area contributed by atoms with Gasteiger partial charge in [-0.2, -0.15) is 0 Å². The van der Waals surface area contributed by atoms with Gasteiger partial charge in [0, 0.05) is 6.23 Å². The van der Waals surface area contributed by atoms with Crippen LogP contribution >= 0.6 is 0 Å². The first-order valence-electron chi connectivity index (χ1n) is 7.57. The van der Waals surface area contributed by atoms with Crippen LogP contribution in [0.5, 0.6) is 0 Å². The molecule has 0 heterocycles. The van der Waals surface area contributed by atoms with E-state index >= 15 is 0 Å². The van der Waals surface area contributed by atoms with E-state index < -0.39 is 42.8 Å². The molecular formula is C12H35O4Si5. The normalized spacial score (nSPS) is 14.9. The second-order valence-electron chi connectivity index (χ2n) is 8.64. The highest BCUT2D eigenvalue weighted by atomic mass is 28.5. The van der Waals surface area contributed by atoms with Crippen molar-refractivity contribution in [1.29, 1.82) is 0 Å². The van der Waals surface area contributed by atoms with Crippen molar-refractivity contribution in [3.63, 3.8) is 0 Å². The average molecular weight is 384 g/mol. The SMILES string of the molecule is C[Si](C)CO[Si](O[Si](C)(C)C)(O[Si](C)(C)C)O[Si](C)(C)C. The van der Waals surface area contributed by atoms with Gasteiger partial charge in [0.25, 0.3) is 0 Å². The highest BCUT2D eigenvalue weighted by Gasteiger charge is 2.53. The van der Waals surface area contributed by atoms with E-state index in [1.165, 1.54) is 0 Å². The van der Waals surface area contributed by atoms with Gasteiger partial charge < -0.3 is 16.8 Å². The number of hydrogen-bond donors (Lipinski definition) is 0. The van der Waals surface area contributed by atoms with Gasteiger partial charge in [0.05, 0.1) is 8.80 Å². The molecule has 0 saturated heterocycles. The minimum atomic E-state index is -3.05. The van der Waals surface area contributed by atoms with E-state index in [0.717, 1.165) is 6.23 Å². The maximum atomic E-state index is 6.42. The van der Waals surface area contributed by atoms with Crippen molar-refractivity contribution in [2.24, 2.45) is 0 Å². The summed E-state index contributed by atoms with van der Waals surface area (Å²) in [5.41, 5.74) is 0. The van der Waals surface area contributed by atoms with Gasteiger partial charge in [-0.3, -0.25) is 0 Å². The van der Waals surface area contributed by atoms with Crippen molar-refractivity contribution in [2.75, 3.05) is 6.23 Å². The monoisotopic (exact) mass is 383 g/mol. The van der Waals surface area contributed by atoms with Crippen LogP contribution in [0.1, 0.15) is 0 Å². The van der Waals surface area contributed by atoms with Crippen LogP contribution in [0.15, 0.2) is 0 Å². The lowest BCUT2D eigenvalue weighted by Gasteiger charge is -2.41. The third kappa shape index (κ3) is 12.1. The van der Waals surface area contributed by atoms with Gasteiger partial charge in [-0.1, -0.05) is 13.1 Å². The molecular weight excluding hydrogens is 349 g/mol. The molecule has 1 radical (unpaired) electrons. The Morgan fingerprint density at radius 1 is 0.619 bits per heavy atom. The maximum Gasteiger partial charge on any atom is 0.647 e. The molecule has 0 rings (SSSR count). The van der Waals surface area contributed by atoms with Gasteiger partial charge in [-0.25, -0.2) is 0 Å². The Labute approximate surface area is 138 Å². The van der Waals surface area contributed by atoms with Crippen molar-refractivity contribution >= 4 is 42.8 Å². The van der Waals surface area contributed by atoms with Gasteiger partial charge in [0.1, 0.15) is 0 Å². The van der Waals surface area contributed by atoms with Crippen molar-refractivity contribution in [3.8, 4) is 0 Å². The van der Waals surface area contributed by atoms with Gasteiger partial charge in [0.15, 0.2) is 25.0 Å². The van der Waals surface area contributed by atoms with Crippen LogP contribution in [0.3, 0.4) is 0 Å². The Morgan fingerprint density at radius 3 is 1.10 bits per heavy atom. The van der Waals surface area contributed by atoms with Crippen LogP contribution < -0.4 is 0 Å². The lowest BCUT2D eigenvalue weighted by molar-refractivity contribution is 0.101. The summed E-state index contributed by atoms with van der Waals surface area (Å²) in [6.45, 7) is 24.0. The Kier molecular flexibility index (Phi) is 8.00. The first-order valence-corrected chi connectivity index (χ1v) is 22.1. The largest absolute Gasteiger partial charge is 0.647 e. The first kappa shape index (κ1) is 21.9. The van der Waals surface area contributed by atoms with Crippen LogP contribution in [0.25, 0.3) is 0 Å². The molecule has 9 heteroatoms. The fourth-order valence-corrected chi connectivity index (χ4v) is 14.7. The molecule has 0 N–H and O–H groups in total. The van der Waals surface area contributed by atoms with Gasteiger partial charge in [-0.15, -0.1) is 0 Å². The van der Waals surface area contributed by atoms with Crippen molar-refractivity contribution < 1.29 is 16.8 Å². The maximum absolute atomic E-state index is 6.42. The molecule has 0 spiro atoms. The van der Waals surface area contributed by atoms with E-state index in [9.17, 15) is 0 Å². The van der Waals surface area contributed by atoms with E-state index in [-0.39, 0.29) is 0 Å². The molecule has 0 aromatic heterocycles. The zero-order valence-corrected chi connectivity index (χ0v) is 20.8. The van der Waals surface area contributed by atoms with Crippen molar-refractivity contribution in [3.05, 3.63) is 0 Å². The zero-order valence-electron chi connectivity index (χ0n) is 15.8. The fourth-order valence-electron chi connectivity index (χ4n) is 1.51. The molecule has 0 bridgehead atoms. The van der Waals surface area contributed by atoms with Gasteiger partial charge in [0.2, 0.25) is 0 Å². The van der Waals surface area contributed by atoms with Crippen molar-refractivity contribution in [2.45, 2.75) is 72.0 Å². The summed E-state index contributed by atoms with van der Waals surface area (Å²) in [7, 11) is -9.03. The molecule has 0 amide bonds. The van der Waals surface area contributed by atoms with E-state index in [1.54, 1.807) is 0 Å². The molecule has 0 aliphatic rings. The molecule has 0 aromatic carbocycles. The summed E-state index contributed by atoms with van der Waals surface area (Å²) >= 11 is 0. The molecule has 0 saturated carbocycles. The fraction of sp³-hybridized carbons (Fsp3) is 1.00. The second kappa shape index (κ2) is 7.66. The summed E-state index contributed by atoms with van der Waals surface area (Å²) in [5, 5.41) is 0. The standard InChI is InChI=1S/C12H35O4Si5/c1-17(2)12-13-21(14-18(3,4)5,15-19(6,7)8)16-20(9,10)11/h12H2,1-11H3. The quantitative estimate of drug-likeness (QED) is 0.557. The summed E-state index contributed by atoms with van der Waals surface area (Å²) in [4.78, 5) is 0. The summed E-state index contributed by atoms with van der Waals surface area (Å²) in [6.07, 6.45) is 0.719. The number of rotatable bonds is 9. The molecule has 21 heavy (non-hydrogen) atoms. The molecule has 0 atom stereocenters. The van der Waals surface area contributed by atoms with E-state index in [4.69, 9.17) is 16.8 Å². The summed E-state index contributed by atoms with van der Waals surface area (Å²) in [6, 6.07) is 0. The first-order chi connectivity index (χ1) is 9.04. The van der Waals surface area contributed by atoms with E-state index in [1.807, 2.05) is 0 Å². The van der Waals surface area contributed by atoms with E-state index in [2.05, 4.69) is 72.0 Å². The Morgan fingerprint density at radius 2 is 0.905 bits per heavy atom. The molecule has 0 aliphatic heterocycles. The van der Waals surface area contributed by atoms with Gasteiger partial charge >= 0.3 is 9.05 Å². The molecule has 0 unspecified atom stereocenters. The second-order valence-corrected chi connectivity index (χ2v) is 27.8. The molecule has 127 valence electrons. The van der Waals surface area contributed by atoms with Crippen LogP contribution in [-0.4, -0.2) is 49.0 Å². The highest BCUT2D eigenvalue weighted by molar-refractivity contribution is 6.88. The smallest absolute Gasteiger partial charge is 0.395 e. The lowest BCUT2D eigenvalue weighted by atomic mass is 11.7. The Hall–Kier alpha value is 0.924. The molecule has 0 aromatic rings. The predicted octanol–water partition coefficient (Wildman–Crippen LogP) is 4.29. The van der Waals surface area contributed by atoms with Crippen molar-refractivity contribution in [1.82, 2.24) is 0 Å². The van der Waals surface area contributed by atoms with Crippen LogP contribution in [0.4, 0.5) is 0 Å². The topological polar surface area (TPSA) is 36.9 Å². The minimum absolute atomic E-state index is 0.513. The third-order valence-corrected chi connectivity index (χ3v) is 13.7. The Balaban J connectivity index is 5.46. The van der Waals surface area contributed by atoms with Crippen LogP contribution in [0.2, 0.25) is 72.0 Å². The van der Waals surface area contributed by atoms with Gasteiger partial charge in [-0.05, 0) is 58.9 Å².